The van der Waals surface area contributed by atoms with Crippen molar-refractivity contribution < 1.29 is 4.79 Å². The van der Waals surface area contributed by atoms with Crippen LogP contribution in [0.25, 0.3) is 10.1 Å². The van der Waals surface area contributed by atoms with Gasteiger partial charge >= 0.3 is 0 Å². The van der Waals surface area contributed by atoms with Crippen molar-refractivity contribution in [2.45, 2.75) is 39.0 Å². The van der Waals surface area contributed by atoms with Gasteiger partial charge in [-0.1, -0.05) is 37.6 Å². The number of hydrogen-bond acceptors (Lipinski definition) is 3. The summed E-state index contributed by atoms with van der Waals surface area (Å²) in [6.07, 6.45) is 3.04. The van der Waals surface area contributed by atoms with E-state index in [1.165, 1.54) is 4.70 Å². The van der Waals surface area contributed by atoms with Crippen LogP contribution in [0.15, 0.2) is 47.8 Å². The summed E-state index contributed by atoms with van der Waals surface area (Å²) in [6, 6.07) is 15.9. The van der Waals surface area contributed by atoms with Crippen molar-refractivity contribution in [1.82, 2.24) is 0 Å². The Bertz CT molecular complexity index is 968. The van der Waals surface area contributed by atoms with E-state index in [2.05, 4.69) is 35.8 Å². The molecule has 4 heteroatoms. The highest BCUT2D eigenvalue weighted by Gasteiger charge is 2.20. The van der Waals surface area contributed by atoms with Crippen molar-refractivity contribution in [3.63, 3.8) is 0 Å². The molecule has 1 amide bonds. The lowest BCUT2D eigenvalue weighted by Crippen LogP contribution is -2.19. The van der Waals surface area contributed by atoms with E-state index in [0.29, 0.717) is 5.56 Å². The Labute approximate surface area is 158 Å². The molecule has 0 saturated carbocycles. The number of carbonyl (C=O) groups excluding carboxylic acids is 1. The molecule has 3 aromatic rings. The van der Waals surface area contributed by atoms with Crippen LogP contribution < -0.4 is 5.32 Å². The summed E-state index contributed by atoms with van der Waals surface area (Å²) < 4.78 is 1.19. The number of benzene rings is 2. The molecule has 1 unspecified atom stereocenters. The number of thiophene rings is 1. The first kappa shape index (κ1) is 18.2. The molecule has 1 aromatic heterocycles. The Morgan fingerprint density at radius 3 is 2.85 bits per heavy atom. The fourth-order valence-electron chi connectivity index (χ4n) is 3.06. The number of fused-ring (bicyclic) bond motifs is 1. The number of nitrogens with zero attached hydrogens (tertiary/aromatic N) is 1. The van der Waals surface area contributed by atoms with Crippen molar-refractivity contribution in [2.24, 2.45) is 0 Å². The van der Waals surface area contributed by atoms with Gasteiger partial charge in [0.05, 0.1) is 17.6 Å². The van der Waals surface area contributed by atoms with Crippen LogP contribution >= 0.6 is 11.3 Å². The number of aryl methyl sites for hydroxylation is 1. The van der Waals surface area contributed by atoms with Gasteiger partial charge in [0.25, 0.3) is 0 Å². The first-order chi connectivity index (χ1) is 12.6. The Morgan fingerprint density at radius 1 is 1.27 bits per heavy atom. The van der Waals surface area contributed by atoms with E-state index in [0.717, 1.165) is 41.5 Å². The average molecular weight is 362 g/mol. The van der Waals surface area contributed by atoms with Crippen LogP contribution in [0.2, 0.25) is 0 Å². The van der Waals surface area contributed by atoms with Gasteiger partial charge in [0, 0.05) is 10.4 Å². The number of carbonyl (C=O) groups is 1. The van der Waals surface area contributed by atoms with Crippen molar-refractivity contribution >= 4 is 33.0 Å². The summed E-state index contributed by atoms with van der Waals surface area (Å²) in [4.78, 5) is 12.9. The van der Waals surface area contributed by atoms with Gasteiger partial charge in [-0.15, -0.1) is 11.3 Å². The minimum atomic E-state index is -0.254. The number of amides is 1. The predicted octanol–water partition coefficient (Wildman–Crippen LogP) is 5.86. The molecule has 1 N–H and O–H groups in total. The van der Waals surface area contributed by atoms with E-state index < -0.39 is 0 Å². The van der Waals surface area contributed by atoms with Crippen molar-refractivity contribution in [1.29, 1.82) is 5.26 Å². The van der Waals surface area contributed by atoms with E-state index in [1.54, 1.807) is 17.4 Å². The predicted molar refractivity (Wildman–Crippen MR) is 109 cm³/mol. The molecule has 0 radical (unpaired) electrons. The second kappa shape index (κ2) is 8.16. The monoisotopic (exact) mass is 362 g/mol. The van der Waals surface area contributed by atoms with E-state index in [9.17, 15) is 10.1 Å². The van der Waals surface area contributed by atoms with Crippen LogP contribution in [-0.2, 0) is 11.2 Å². The molecule has 132 valence electrons. The molecule has 26 heavy (non-hydrogen) atoms. The second-order valence-electron chi connectivity index (χ2n) is 6.49. The lowest BCUT2D eigenvalue weighted by molar-refractivity contribution is -0.117. The van der Waals surface area contributed by atoms with E-state index >= 15 is 0 Å². The topological polar surface area (TPSA) is 52.9 Å². The maximum absolute atomic E-state index is 12.9. The smallest absolute Gasteiger partial charge is 0.231 e. The van der Waals surface area contributed by atoms with Crippen LogP contribution in [0.3, 0.4) is 0 Å². The quantitative estimate of drug-likeness (QED) is 0.597. The fraction of sp³-hybridized carbons (Fsp3) is 0.273. The van der Waals surface area contributed by atoms with Gasteiger partial charge in [-0.05, 0) is 59.9 Å². The molecular weight excluding hydrogens is 340 g/mol. The number of nitriles is 1. The van der Waals surface area contributed by atoms with Gasteiger partial charge in [-0.25, -0.2) is 0 Å². The number of rotatable bonds is 6. The Balaban J connectivity index is 1.86. The molecule has 2 aromatic carbocycles. The number of unbranched alkanes of at least 4 members (excludes halogenated alkanes) is 1. The normalized spacial score (nSPS) is 11.9. The summed E-state index contributed by atoms with van der Waals surface area (Å²) in [7, 11) is 0. The zero-order valence-electron chi connectivity index (χ0n) is 15.1. The second-order valence-corrected chi connectivity index (χ2v) is 7.40. The average Bonchev–Trinajstić information content (AvgIpc) is 3.10. The molecule has 3 rings (SSSR count). The number of anilines is 1. The minimum Gasteiger partial charge on any atom is -0.325 e. The van der Waals surface area contributed by atoms with Gasteiger partial charge in [-0.3, -0.25) is 4.79 Å². The third-order valence-corrected chi connectivity index (χ3v) is 5.65. The molecule has 0 aliphatic carbocycles. The van der Waals surface area contributed by atoms with Crippen molar-refractivity contribution in [3.8, 4) is 6.07 Å². The molecule has 1 heterocycles. The maximum atomic E-state index is 12.9. The van der Waals surface area contributed by atoms with Crippen LogP contribution in [-0.4, -0.2) is 5.91 Å². The van der Waals surface area contributed by atoms with Crippen LogP contribution in [0.4, 0.5) is 5.69 Å². The molecule has 0 bridgehead atoms. The lowest BCUT2D eigenvalue weighted by Gasteiger charge is -2.15. The first-order valence-corrected chi connectivity index (χ1v) is 9.82. The first-order valence-electron chi connectivity index (χ1n) is 8.94. The van der Waals surface area contributed by atoms with Gasteiger partial charge in [0.2, 0.25) is 5.91 Å². The molecule has 0 aliphatic rings. The van der Waals surface area contributed by atoms with E-state index in [-0.39, 0.29) is 11.8 Å². The van der Waals surface area contributed by atoms with Crippen molar-refractivity contribution in [3.05, 3.63) is 64.5 Å². The standard InChI is InChI=1S/C22H22N2OS/c1-3-4-7-17-11-10-16(13-23)12-20(17)24-22(25)15(2)19-14-26-21-9-6-5-8-18(19)21/h5-6,8-12,14-15H,3-4,7H2,1-2H3,(H,24,25). The minimum absolute atomic E-state index is 0.0404. The third kappa shape index (κ3) is 3.79. The molecule has 0 spiro atoms. The van der Waals surface area contributed by atoms with Crippen LogP contribution in [0.1, 0.15) is 49.3 Å². The summed E-state index contributed by atoms with van der Waals surface area (Å²) in [5, 5.41) is 15.4. The molecule has 0 aliphatic heterocycles. The molecule has 3 nitrogen and oxygen atoms in total. The highest BCUT2D eigenvalue weighted by Crippen LogP contribution is 2.32. The molecule has 0 saturated heterocycles. The number of hydrogen-bond donors (Lipinski definition) is 1. The van der Waals surface area contributed by atoms with E-state index in [1.807, 2.05) is 31.2 Å². The van der Waals surface area contributed by atoms with E-state index in [4.69, 9.17) is 0 Å². The zero-order valence-corrected chi connectivity index (χ0v) is 15.9. The van der Waals surface area contributed by atoms with Crippen LogP contribution in [0, 0.1) is 11.3 Å². The van der Waals surface area contributed by atoms with Crippen LogP contribution in [0.5, 0.6) is 0 Å². The summed E-state index contributed by atoms with van der Waals surface area (Å²) in [5.41, 5.74) is 3.46. The highest BCUT2D eigenvalue weighted by molar-refractivity contribution is 7.17. The number of nitrogens with one attached hydrogen (secondary N) is 1. The molecular formula is C22H22N2OS. The van der Waals surface area contributed by atoms with Gasteiger partial charge in [-0.2, -0.15) is 5.26 Å². The molecule has 0 fully saturated rings. The van der Waals surface area contributed by atoms with Crippen molar-refractivity contribution in [2.75, 3.05) is 5.32 Å². The summed E-state index contributed by atoms with van der Waals surface area (Å²) in [5.74, 6) is -0.294. The van der Waals surface area contributed by atoms with Gasteiger partial charge in [0.1, 0.15) is 0 Å². The van der Waals surface area contributed by atoms with Gasteiger partial charge in [0.15, 0.2) is 0 Å². The van der Waals surface area contributed by atoms with Gasteiger partial charge < -0.3 is 5.32 Å². The Kier molecular flexibility index (Phi) is 5.70. The summed E-state index contributed by atoms with van der Waals surface area (Å²) >= 11 is 1.66. The molecule has 1 atom stereocenters. The SMILES string of the molecule is CCCCc1ccc(C#N)cc1NC(=O)C(C)c1csc2ccccc12. The Morgan fingerprint density at radius 2 is 2.08 bits per heavy atom. The summed E-state index contributed by atoms with van der Waals surface area (Å²) in [6.45, 7) is 4.08. The largest absolute Gasteiger partial charge is 0.325 e. The fourth-order valence-corrected chi connectivity index (χ4v) is 4.12. The maximum Gasteiger partial charge on any atom is 0.231 e. The Hall–Kier alpha value is -2.64. The highest BCUT2D eigenvalue weighted by atomic mass is 32.1. The lowest BCUT2D eigenvalue weighted by atomic mass is 9.98. The zero-order chi connectivity index (χ0) is 18.5. The third-order valence-electron chi connectivity index (χ3n) is 4.67.